The number of aliphatic hydroxyl groups is 1. The maximum absolute atomic E-state index is 13.8. The molecule has 17 heavy (non-hydrogen) atoms. The third-order valence-corrected chi connectivity index (χ3v) is 3.54. The molecule has 1 unspecified atom stereocenters. The molecule has 0 radical (unpaired) electrons. The van der Waals surface area contributed by atoms with Crippen molar-refractivity contribution in [2.24, 2.45) is 11.1 Å². The van der Waals surface area contributed by atoms with Crippen LogP contribution in [-0.2, 0) is 6.42 Å². The molecule has 3 N–H and O–H groups in total. The molecule has 0 fully saturated rings. The Labute approximate surface area is 107 Å². The zero-order chi connectivity index (χ0) is 13.3. The number of rotatable bonds is 3. The highest BCUT2D eigenvalue weighted by Crippen LogP contribution is 2.34. The van der Waals surface area contributed by atoms with E-state index in [1.54, 1.807) is 12.1 Å². The Morgan fingerprint density at radius 3 is 2.41 bits per heavy atom. The molecule has 0 amide bonds. The summed E-state index contributed by atoms with van der Waals surface area (Å²) >= 11 is 5.71. The quantitative estimate of drug-likeness (QED) is 0.877. The van der Waals surface area contributed by atoms with E-state index in [0.717, 1.165) is 0 Å². The molecular formula is C13H19ClFNO. The van der Waals surface area contributed by atoms with Gasteiger partial charge in [-0.1, -0.05) is 44.5 Å². The Hall–Kier alpha value is -0.640. The normalized spacial score (nSPS) is 15.7. The number of halogens is 2. The third kappa shape index (κ3) is 2.97. The van der Waals surface area contributed by atoms with Gasteiger partial charge in [0.15, 0.2) is 0 Å². The molecule has 0 saturated carbocycles. The van der Waals surface area contributed by atoms with Gasteiger partial charge in [-0.25, -0.2) is 4.39 Å². The number of hydrogen-bond donors (Lipinski definition) is 2. The average Bonchev–Trinajstić information content (AvgIpc) is 2.23. The van der Waals surface area contributed by atoms with Gasteiger partial charge in [-0.3, -0.25) is 0 Å². The van der Waals surface area contributed by atoms with Gasteiger partial charge in [0, 0.05) is 13.0 Å². The largest absolute Gasteiger partial charge is 0.388 e. The molecule has 4 heteroatoms. The Kier molecular flexibility index (Phi) is 4.18. The first-order valence-corrected chi connectivity index (χ1v) is 5.94. The van der Waals surface area contributed by atoms with Crippen molar-refractivity contribution < 1.29 is 9.50 Å². The molecule has 0 aliphatic rings. The van der Waals surface area contributed by atoms with Crippen molar-refractivity contribution in [3.05, 3.63) is 34.6 Å². The first kappa shape index (κ1) is 14.4. The third-order valence-electron chi connectivity index (χ3n) is 3.25. The fraction of sp³-hybridized carbons (Fsp3) is 0.538. The molecule has 0 heterocycles. The lowest BCUT2D eigenvalue weighted by Gasteiger charge is -2.39. The van der Waals surface area contributed by atoms with Crippen molar-refractivity contribution in [2.45, 2.75) is 32.8 Å². The van der Waals surface area contributed by atoms with Crippen LogP contribution in [0.2, 0.25) is 5.02 Å². The highest BCUT2D eigenvalue weighted by molar-refractivity contribution is 6.30. The van der Waals surface area contributed by atoms with Gasteiger partial charge in [-0.15, -0.1) is 0 Å². The van der Waals surface area contributed by atoms with Crippen molar-refractivity contribution in [1.29, 1.82) is 0 Å². The number of nitrogens with two attached hydrogens (primary N) is 1. The molecule has 1 aromatic rings. The first-order valence-electron chi connectivity index (χ1n) is 5.56. The maximum Gasteiger partial charge on any atom is 0.145 e. The fourth-order valence-electron chi connectivity index (χ4n) is 1.64. The highest BCUT2D eigenvalue weighted by atomic mass is 35.5. The van der Waals surface area contributed by atoms with Gasteiger partial charge in [-0.05, 0) is 17.0 Å². The number of benzene rings is 1. The molecule has 2 nitrogen and oxygen atoms in total. The molecule has 1 rings (SSSR count). The summed E-state index contributed by atoms with van der Waals surface area (Å²) in [5, 5.41) is 10.6. The summed E-state index contributed by atoms with van der Waals surface area (Å²) in [6.07, 6.45) is 0.152. The van der Waals surface area contributed by atoms with Gasteiger partial charge < -0.3 is 10.8 Å². The van der Waals surface area contributed by atoms with Crippen LogP contribution in [-0.4, -0.2) is 17.3 Å². The predicted octanol–water partition coefficient (Wildman–Crippen LogP) is 2.76. The molecule has 0 aromatic heterocycles. The Balaban J connectivity index is 3.08. The SMILES string of the molecule is CC(C)(C)C(O)(CN)Cc1cccc(Cl)c1F. The second-order valence-corrected chi connectivity index (χ2v) is 5.78. The second-order valence-electron chi connectivity index (χ2n) is 5.38. The lowest BCUT2D eigenvalue weighted by molar-refractivity contribution is -0.0495. The molecule has 0 saturated heterocycles. The van der Waals surface area contributed by atoms with Gasteiger partial charge in [0.25, 0.3) is 0 Å². The van der Waals surface area contributed by atoms with Gasteiger partial charge >= 0.3 is 0 Å². The average molecular weight is 260 g/mol. The van der Waals surface area contributed by atoms with Crippen LogP contribution in [0.5, 0.6) is 0 Å². The van der Waals surface area contributed by atoms with E-state index in [1.807, 2.05) is 20.8 Å². The topological polar surface area (TPSA) is 46.2 Å². The van der Waals surface area contributed by atoms with Crippen LogP contribution >= 0.6 is 11.6 Å². The Bertz CT molecular complexity index is 403. The van der Waals surface area contributed by atoms with Crippen LogP contribution in [0, 0.1) is 11.2 Å². The maximum atomic E-state index is 13.8. The van der Waals surface area contributed by atoms with Crippen LogP contribution in [0.25, 0.3) is 0 Å². The summed E-state index contributed by atoms with van der Waals surface area (Å²) in [4.78, 5) is 0. The summed E-state index contributed by atoms with van der Waals surface area (Å²) in [5.74, 6) is -0.481. The summed E-state index contributed by atoms with van der Waals surface area (Å²) in [6.45, 7) is 5.70. The van der Waals surface area contributed by atoms with Crippen molar-refractivity contribution in [2.75, 3.05) is 6.54 Å². The monoisotopic (exact) mass is 259 g/mol. The van der Waals surface area contributed by atoms with E-state index in [2.05, 4.69) is 0 Å². The summed E-state index contributed by atoms with van der Waals surface area (Å²) in [6, 6.07) is 4.77. The summed E-state index contributed by atoms with van der Waals surface area (Å²) < 4.78 is 13.8. The smallest absolute Gasteiger partial charge is 0.145 e. The summed E-state index contributed by atoms with van der Waals surface area (Å²) in [5.41, 5.74) is 4.42. The van der Waals surface area contributed by atoms with Gasteiger partial charge in [0.05, 0.1) is 10.6 Å². The lowest BCUT2D eigenvalue weighted by Crippen LogP contribution is -2.51. The Morgan fingerprint density at radius 1 is 1.35 bits per heavy atom. The van der Waals surface area contributed by atoms with Gasteiger partial charge in [0.2, 0.25) is 0 Å². The van der Waals surface area contributed by atoms with Gasteiger partial charge in [0.1, 0.15) is 5.82 Å². The highest BCUT2D eigenvalue weighted by Gasteiger charge is 2.39. The molecule has 1 atom stereocenters. The molecule has 0 aliphatic heterocycles. The van der Waals surface area contributed by atoms with Crippen LogP contribution in [0.4, 0.5) is 4.39 Å². The van der Waals surface area contributed by atoms with Crippen molar-refractivity contribution in [3.63, 3.8) is 0 Å². The van der Waals surface area contributed by atoms with E-state index < -0.39 is 16.8 Å². The lowest BCUT2D eigenvalue weighted by atomic mass is 9.73. The van der Waals surface area contributed by atoms with E-state index in [-0.39, 0.29) is 18.0 Å². The first-order chi connectivity index (χ1) is 7.71. The van der Waals surface area contributed by atoms with E-state index >= 15 is 0 Å². The van der Waals surface area contributed by atoms with E-state index in [1.165, 1.54) is 6.07 Å². The van der Waals surface area contributed by atoms with Crippen LogP contribution in [0.3, 0.4) is 0 Å². The molecular weight excluding hydrogens is 241 g/mol. The van der Waals surface area contributed by atoms with Crippen LogP contribution < -0.4 is 5.73 Å². The van der Waals surface area contributed by atoms with Gasteiger partial charge in [-0.2, -0.15) is 0 Å². The van der Waals surface area contributed by atoms with E-state index in [0.29, 0.717) is 5.56 Å². The molecule has 0 bridgehead atoms. The predicted molar refractivity (Wildman–Crippen MR) is 68.6 cm³/mol. The zero-order valence-electron chi connectivity index (χ0n) is 10.4. The molecule has 96 valence electrons. The summed E-state index contributed by atoms with van der Waals surface area (Å²) in [7, 11) is 0. The molecule has 0 aliphatic carbocycles. The second kappa shape index (κ2) is 4.92. The minimum absolute atomic E-state index is 0.0655. The molecule has 0 spiro atoms. The Morgan fingerprint density at radius 2 is 1.94 bits per heavy atom. The van der Waals surface area contributed by atoms with E-state index in [4.69, 9.17) is 17.3 Å². The molecule has 1 aromatic carbocycles. The fourth-order valence-corrected chi connectivity index (χ4v) is 1.84. The minimum atomic E-state index is -1.15. The van der Waals surface area contributed by atoms with E-state index in [9.17, 15) is 9.50 Å². The van der Waals surface area contributed by atoms with Crippen molar-refractivity contribution in [1.82, 2.24) is 0 Å². The van der Waals surface area contributed by atoms with Crippen molar-refractivity contribution in [3.8, 4) is 0 Å². The van der Waals surface area contributed by atoms with Crippen LogP contribution in [0.1, 0.15) is 26.3 Å². The van der Waals surface area contributed by atoms with Crippen molar-refractivity contribution >= 4 is 11.6 Å². The van der Waals surface area contributed by atoms with Crippen LogP contribution in [0.15, 0.2) is 18.2 Å². The standard InChI is InChI=1S/C13H19ClFNO/c1-12(2,3)13(17,8-16)7-9-5-4-6-10(14)11(9)15/h4-6,17H,7-8,16H2,1-3H3. The zero-order valence-corrected chi connectivity index (χ0v) is 11.2. The number of hydrogen-bond acceptors (Lipinski definition) is 2. The minimum Gasteiger partial charge on any atom is -0.388 e.